The Bertz CT molecular complexity index is 566. The molecule has 0 spiro atoms. The van der Waals surface area contributed by atoms with Gasteiger partial charge in [-0.15, -0.1) is 5.10 Å². The summed E-state index contributed by atoms with van der Waals surface area (Å²) in [5, 5.41) is 14.3. The highest BCUT2D eigenvalue weighted by atomic mass is 19.1. The van der Waals surface area contributed by atoms with Crippen LogP contribution in [0.25, 0.3) is 0 Å². The average Bonchev–Trinajstić information content (AvgIpc) is 2.95. The first-order valence-electron chi connectivity index (χ1n) is 6.78. The molecule has 1 aromatic carbocycles. The van der Waals surface area contributed by atoms with E-state index in [0.717, 1.165) is 18.5 Å². The minimum Gasteiger partial charge on any atom is -0.350 e. The molecule has 1 fully saturated rings. The third-order valence-corrected chi connectivity index (χ3v) is 3.36. The zero-order valence-electron chi connectivity index (χ0n) is 11.0. The van der Waals surface area contributed by atoms with E-state index < -0.39 is 0 Å². The Kier molecular flexibility index (Phi) is 3.71. The molecule has 0 amide bonds. The molecule has 0 unspecified atom stereocenters. The summed E-state index contributed by atoms with van der Waals surface area (Å²) in [5.74, 6) is 0.857. The van der Waals surface area contributed by atoms with Gasteiger partial charge in [0.05, 0.1) is 6.20 Å². The second-order valence-corrected chi connectivity index (χ2v) is 4.92. The van der Waals surface area contributed by atoms with Crippen molar-refractivity contribution in [2.45, 2.75) is 31.7 Å². The first-order chi connectivity index (χ1) is 9.79. The highest BCUT2D eigenvalue weighted by Gasteiger charge is 2.15. The summed E-state index contributed by atoms with van der Waals surface area (Å²) in [6.45, 7) is 0. The Morgan fingerprint density at radius 3 is 2.60 bits per heavy atom. The van der Waals surface area contributed by atoms with E-state index in [1.165, 1.54) is 25.0 Å². The van der Waals surface area contributed by atoms with Crippen molar-refractivity contribution in [3.8, 4) is 0 Å². The maximum absolute atomic E-state index is 12.8. The van der Waals surface area contributed by atoms with Gasteiger partial charge in [-0.3, -0.25) is 0 Å². The number of aromatic nitrogens is 3. The third kappa shape index (κ3) is 3.20. The van der Waals surface area contributed by atoms with E-state index in [1.54, 1.807) is 18.3 Å². The van der Waals surface area contributed by atoms with Crippen molar-refractivity contribution < 1.29 is 4.39 Å². The van der Waals surface area contributed by atoms with Crippen molar-refractivity contribution in [2.24, 2.45) is 0 Å². The summed E-state index contributed by atoms with van der Waals surface area (Å²) in [6.07, 6.45) is 6.35. The average molecular weight is 273 g/mol. The topological polar surface area (TPSA) is 62.7 Å². The SMILES string of the molecule is Fc1ccc(Nc2cnnc(NC3CCCC3)n2)cc1. The molecule has 2 aromatic rings. The van der Waals surface area contributed by atoms with Crippen LogP contribution in [-0.4, -0.2) is 21.2 Å². The second kappa shape index (κ2) is 5.81. The molecule has 1 aliphatic rings. The van der Waals surface area contributed by atoms with Crippen LogP contribution in [0, 0.1) is 5.82 Å². The Morgan fingerprint density at radius 2 is 1.85 bits per heavy atom. The molecule has 0 radical (unpaired) electrons. The van der Waals surface area contributed by atoms with Crippen molar-refractivity contribution in [2.75, 3.05) is 10.6 Å². The van der Waals surface area contributed by atoms with Crippen LogP contribution in [0.1, 0.15) is 25.7 Å². The van der Waals surface area contributed by atoms with E-state index in [1.807, 2.05) is 0 Å². The molecular weight excluding hydrogens is 257 g/mol. The van der Waals surface area contributed by atoms with Crippen LogP contribution in [0.4, 0.5) is 21.8 Å². The normalized spacial score (nSPS) is 15.2. The maximum atomic E-state index is 12.8. The van der Waals surface area contributed by atoms with E-state index in [2.05, 4.69) is 25.8 Å². The smallest absolute Gasteiger partial charge is 0.244 e. The van der Waals surface area contributed by atoms with Gasteiger partial charge in [0, 0.05) is 11.7 Å². The van der Waals surface area contributed by atoms with Crippen LogP contribution >= 0.6 is 0 Å². The molecule has 1 aliphatic carbocycles. The van der Waals surface area contributed by atoms with Crippen molar-refractivity contribution in [3.63, 3.8) is 0 Å². The van der Waals surface area contributed by atoms with Crippen molar-refractivity contribution in [1.29, 1.82) is 0 Å². The van der Waals surface area contributed by atoms with Crippen LogP contribution in [0.15, 0.2) is 30.5 Å². The molecule has 5 nitrogen and oxygen atoms in total. The van der Waals surface area contributed by atoms with E-state index >= 15 is 0 Å². The zero-order chi connectivity index (χ0) is 13.8. The third-order valence-electron chi connectivity index (χ3n) is 3.36. The number of halogens is 1. The van der Waals surface area contributed by atoms with Gasteiger partial charge in [-0.1, -0.05) is 12.8 Å². The molecule has 6 heteroatoms. The van der Waals surface area contributed by atoms with Gasteiger partial charge < -0.3 is 10.6 Å². The van der Waals surface area contributed by atoms with Gasteiger partial charge >= 0.3 is 0 Å². The number of anilines is 3. The van der Waals surface area contributed by atoms with E-state index in [-0.39, 0.29) is 5.82 Å². The lowest BCUT2D eigenvalue weighted by molar-refractivity contribution is 0.628. The fourth-order valence-electron chi connectivity index (χ4n) is 2.36. The van der Waals surface area contributed by atoms with Gasteiger partial charge in [0.1, 0.15) is 5.82 Å². The Morgan fingerprint density at radius 1 is 1.10 bits per heavy atom. The van der Waals surface area contributed by atoms with Crippen LogP contribution in [-0.2, 0) is 0 Å². The van der Waals surface area contributed by atoms with E-state index in [9.17, 15) is 4.39 Å². The molecule has 2 N–H and O–H groups in total. The highest BCUT2D eigenvalue weighted by molar-refractivity contribution is 5.55. The van der Waals surface area contributed by atoms with Crippen molar-refractivity contribution in [1.82, 2.24) is 15.2 Å². The summed E-state index contributed by atoms with van der Waals surface area (Å²) in [7, 11) is 0. The summed E-state index contributed by atoms with van der Waals surface area (Å²) < 4.78 is 12.8. The molecule has 0 aliphatic heterocycles. The molecule has 3 rings (SSSR count). The number of nitrogens with zero attached hydrogens (tertiary/aromatic N) is 3. The molecule has 104 valence electrons. The van der Waals surface area contributed by atoms with Crippen LogP contribution in [0.3, 0.4) is 0 Å². The molecular formula is C14H16FN5. The molecule has 0 saturated heterocycles. The predicted molar refractivity (Wildman–Crippen MR) is 75.4 cm³/mol. The monoisotopic (exact) mass is 273 g/mol. The molecule has 1 heterocycles. The van der Waals surface area contributed by atoms with Crippen LogP contribution in [0.5, 0.6) is 0 Å². The summed E-state index contributed by atoms with van der Waals surface area (Å²) in [4.78, 5) is 4.36. The minimum atomic E-state index is -0.264. The maximum Gasteiger partial charge on any atom is 0.244 e. The number of hydrogen-bond donors (Lipinski definition) is 2. The fraction of sp³-hybridized carbons (Fsp3) is 0.357. The molecule has 1 aromatic heterocycles. The zero-order valence-corrected chi connectivity index (χ0v) is 11.0. The molecule has 0 atom stereocenters. The van der Waals surface area contributed by atoms with Gasteiger partial charge in [-0.25, -0.2) is 4.39 Å². The number of benzene rings is 1. The lowest BCUT2D eigenvalue weighted by Gasteiger charge is -2.12. The lowest BCUT2D eigenvalue weighted by atomic mass is 10.3. The van der Waals surface area contributed by atoms with Crippen molar-refractivity contribution >= 4 is 17.5 Å². The number of nitrogens with one attached hydrogen (secondary N) is 2. The summed E-state index contributed by atoms with van der Waals surface area (Å²) >= 11 is 0. The molecule has 20 heavy (non-hydrogen) atoms. The first-order valence-corrected chi connectivity index (χ1v) is 6.78. The van der Waals surface area contributed by atoms with Crippen molar-refractivity contribution in [3.05, 3.63) is 36.3 Å². The quantitative estimate of drug-likeness (QED) is 0.896. The van der Waals surface area contributed by atoms with Crippen LogP contribution < -0.4 is 10.6 Å². The summed E-state index contributed by atoms with van der Waals surface area (Å²) in [6, 6.07) is 6.55. The Balaban J connectivity index is 1.68. The summed E-state index contributed by atoms with van der Waals surface area (Å²) in [5.41, 5.74) is 0.763. The van der Waals surface area contributed by atoms with Gasteiger partial charge in [-0.2, -0.15) is 10.1 Å². The van der Waals surface area contributed by atoms with Crippen LogP contribution in [0.2, 0.25) is 0 Å². The largest absolute Gasteiger partial charge is 0.350 e. The predicted octanol–water partition coefficient (Wildman–Crippen LogP) is 3.11. The van der Waals surface area contributed by atoms with Gasteiger partial charge in [-0.05, 0) is 37.1 Å². The van der Waals surface area contributed by atoms with Gasteiger partial charge in [0.15, 0.2) is 5.82 Å². The first kappa shape index (κ1) is 12.8. The van der Waals surface area contributed by atoms with Gasteiger partial charge in [0.2, 0.25) is 5.95 Å². The number of hydrogen-bond acceptors (Lipinski definition) is 5. The lowest BCUT2D eigenvalue weighted by Crippen LogP contribution is -2.17. The minimum absolute atomic E-state index is 0.264. The number of rotatable bonds is 4. The Labute approximate surface area is 116 Å². The second-order valence-electron chi connectivity index (χ2n) is 4.92. The van der Waals surface area contributed by atoms with E-state index in [0.29, 0.717) is 17.8 Å². The standard InChI is InChI=1S/C14H16FN5/c15-10-5-7-12(8-6-10)17-13-9-16-20-14(19-13)18-11-3-1-2-4-11/h5-9,11H,1-4H2,(H2,17,18,19,20). The molecule has 1 saturated carbocycles. The van der Waals surface area contributed by atoms with Gasteiger partial charge in [0.25, 0.3) is 0 Å². The van der Waals surface area contributed by atoms with E-state index in [4.69, 9.17) is 0 Å². The Hall–Kier alpha value is -2.24. The highest BCUT2D eigenvalue weighted by Crippen LogP contribution is 2.21. The molecule has 0 bridgehead atoms. The fourth-order valence-corrected chi connectivity index (χ4v) is 2.36.